The molecular formula is C24H30F2N6O3. The third kappa shape index (κ3) is 5.73. The van der Waals surface area contributed by atoms with Crippen molar-refractivity contribution >= 4 is 17.4 Å². The number of aliphatic hydroxyl groups excluding tert-OH is 1. The number of carbonyl (C=O) groups excluding carboxylic acids is 1. The molecule has 1 aliphatic rings. The molecule has 1 atom stereocenters. The minimum atomic E-state index is -2.84. The van der Waals surface area contributed by atoms with E-state index in [4.69, 9.17) is 0 Å². The Bertz CT molecular complexity index is 1190. The zero-order valence-corrected chi connectivity index (χ0v) is 20.0. The highest BCUT2D eigenvalue weighted by Crippen LogP contribution is 2.38. The van der Waals surface area contributed by atoms with Gasteiger partial charge in [0.2, 0.25) is 5.95 Å². The van der Waals surface area contributed by atoms with Crippen LogP contribution in [0.1, 0.15) is 60.4 Å². The number of amides is 1. The first kappa shape index (κ1) is 24.9. The molecule has 9 nitrogen and oxygen atoms in total. The lowest BCUT2D eigenvalue weighted by atomic mass is 9.85. The van der Waals surface area contributed by atoms with Crippen molar-refractivity contribution in [1.82, 2.24) is 24.9 Å². The Morgan fingerprint density at radius 1 is 1.26 bits per heavy atom. The van der Waals surface area contributed by atoms with E-state index < -0.39 is 12.7 Å². The molecule has 0 saturated heterocycles. The monoisotopic (exact) mass is 488 g/mol. The summed E-state index contributed by atoms with van der Waals surface area (Å²) in [5, 5.41) is 20.3. The van der Waals surface area contributed by atoms with Crippen molar-refractivity contribution in [3.63, 3.8) is 0 Å². The highest BCUT2D eigenvalue weighted by molar-refractivity contribution is 5.94. The Kier molecular flexibility index (Phi) is 7.56. The molecule has 0 radical (unpaired) electrons. The number of hydrogen-bond acceptors (Lipinski definition) is 7. The van der Waals surface area contributed by atoms with Gasteiger partial charge in [-0.3, -0.25) is 4.79 Å². The van der Waals surface area contributed by atoms with Crippen molar-refractivity contribution in [2.24, 2.45) is 0 Å². The molecule has 4 rings (SSSR count). The fourth-order valence-corrected chi connectivity index (χ4v) is 4.52. The van der Waals surface area contributed by atoms with Gasteiger partial charge in [-0.2, -0.15) is 8.78 Å². The molecule has 0 aromatic carbocycles. The molecule has 0 unspecified atom stereocenters. The maximum absolute atomic E-state index is 12.4. The minimum Gasteiger partial charge on any atom is -0.393 e. The largest absolute Gasteiger partial charge is 0.393 e. The van der Waals surface area contributed by atoms with Gasteiger partial charge >= 0.3 is 6.61 Å². The maximum Gasteiger partial charge on any atom is 0.345 e. The van der Waals surface area contributed by atoms with Crippen LogP contribution in [0.25, 0.3) is 16.6 Å². The SMILES string of the molecule is CNC(=O)c1cc(-c2cc(C3CCC(O)CC3)n3nc(N[C@@H](C)COC(F)F)ncc23)cc(C)n1. The molecule has 0 spiro atoms. The van der Waals surface area contributed by atoms with E-state index in [1.807, 2.05) is 17.5 Å². The standard InChI is InChI=1S/C24H30F2N6O3/c1-13-8-16(9-19(29-13)22(34)27-3)18-10-20(15-4-6-17(33)7-5-15)32-21(18)11-28-24(31-32)30-14(2)12-35-23(25)26/h8-11,14-15,17,23,33H,4-7,12H2,1-3H3,(H,27,34)(H,30,31)/t14-,15?,17?/m0/s1. The van der Waals surface area contributed by atoms with Gasteiger partial charge in [0.25, 0.3) is 5.91 Å². The van der Waals surface area contributed by atoms with E-state index in [9.17, 15) is 18.7 Å². The van der Waals surface area contributed by atoms with Crippen molar-refractivity contribution in [2.75, 3.05) is 19.0 Å². The number of carbonyl (C=O) groups is 1. The Morgan fingerprint density at radius 2 is 2.00 bits per heavy atom. The van der Waals surface area contributed by atoms with Crippen LogP contribution in [0.3, 0.4) is 0 Å². The number of aromatic nitrogens is 4. The molecule has 1 fully saturated rings. The molecule has 1 saturated carbocycles. The molecule has 188 valence electrons. The molecule has 0 aliphatic heterocycles. The summed E-state index contributed by atoms with van der Waals surface area (Å²) in [6.45, 7) is 0.507. The second-order valence-electron chi connectivity index (χ2n) is 8.97. The Labute approximate surface area is 201 Å². The number of nitrogens with zero attached hydrogens (tertiary/aromatic N) is 4. The molecule has 0 bridgehead atoms. The lowest BCUT2D eigenvalue weighted by molar-refractivity contribution is -0.130. The summed E-state index contributed by atoms with van der Waals surface area (Å²) >= 11 is 0. The molecule has 3 N–H and O–H groups in total. The van der Waals surface area contributed by atoms with E-state index in [0.29, 0.717) is 30.2 Å². The quantitative estimate of drug-likeness (QED) is 0.445. The van der Waals surface area contributed by atoms with Crippen LogP contribution in [-0.4, -0.2) is 63.0 Å². The number of nitrogens with one attached hydrogen (secondary N) is 2. The van der Waals surface area contributed by atoms with Crippen LogP contribution in [0.2, 0.25) is 0 Å². The van der Waals surface area contributed by atoms with E-state index in [1.165, 1.54) is 0 Å². The predicted octanol–water partition coefficient (Wildman–Crippen LogP) is 3.52. The van der Waals surface area contributed by atoms with Crippen molar-refractivity contribution in [1.29, 1.82) is 0 Å². The summed E-state index contributed by atoms with van der Waals surface area (Å²) in [4.78, 5) is 21.0. The summed E-state index contributed by atoms with van der Waals surface area (Å²) < 4.78 is 31.0. The predicted molar refractivity (Wildman–Crippen MR) is 127 cm³/mol. The zero-order chi connectivity index (χ0) is 25.1. The molecule has 35 heavy (non-hydrogen) atoms. The Hall–Kier alpha value is -3.18. The van der Waals surface area contributed by atoms with Crippen LogP contribution in [-0.2, 0) is 4.74 Å². The summed E-state index contributed by atoms with van der Waals surface area (Å²) in [6.07, 6.45) is 4.44. The van der Waals surface area contributed by atoms with Gasteiger partial charge in [-0.15, -0.1) is 5.10 Å². The van der Waals surface area contributed by atoms with Crippen LogP contribution < -0.4 is 10.6 Å². The average molecular weight is 489 g/mol. The Balaban J connectivity index is 1.76. The first-order valence-corrected chi connectivity index (χ1v) is 11.7. The van der Waals surface area contributed by atoms with Crippen LogP contribution in [0.15, 0.2) is 24.4 Å². The van der Waals surface area contributed by atoms with Crippen LogP contribution in [0.4, 0.5) is 14.7 Å². The minimum absolute atomic E-state index is 0.184. The first-order valence-electron chi connectivity index (χ1n) is 11.7. The molecule has 3 aromatic rings. The smallest absolute Gasteiger partial charge is 0.345 e. The van der Waals surface area contributed by atoms with Crippen LogP contribution >= 0.6 is 0 Å². The van der Waals surface area contributed by atoms with Gasteiger partial charge in [-0.25, -0.2) is 14.5 Å². The van der Waals surface area contributed by atoms with Gasteiger partial charge in [-0.1, -0.05) is 0 Å². The van der Waals surface area contributed by atoms with Gasteiger partial charge in [0, 0.05) is 36.0 Å². The van der Waals surface area contributed by atoms with Crippen molar-refractivity contribution in [3.05, 3.63) is 41.5 Å². The molecule has 1 amide bonds. The molecular weight excluding hydrogens is 458 g/mol. The molecule has 1 aliphatic carbocycles. The third-order valence-electron chi connectivity index (χ3n) is 6.23. The van der Waals surface area contributed by atoms with E-state index >= 15 is 0 Å². The maximum atomic E-state index is 12.4. The number of pyridine rings is 1. The second-order valence-corrected chi connectivity index (χ2v) is 8.97. The van der Waals surface area contributed by atoms with Gasteiger partial charge in [-0.05, 0) is 63.3 Å². The van der Waals surface area contributed by atoms with Crippen LogP contribution in [0.5, 0.6) is 0 Å². The summed E-state index contributed by atoms with van der Waals surface area (Å²) in [5.41, 5.74) is 4.42. The number of ether oxygens (including phenoxy) is 1. The van der Waals surface area contributed by atoms with Crippen molar-refractivity contribution in [3.8, 4) is 11.1 Å². The fourth-order valence-electron chi connectivity index (χ4n) is 4.52. The number of fused-ring (bicyclic) bond motifs is 1. The summed E-state index contributed by atoms with van der Waals surface area (Å²) in [7, 11) is 1.56. The van der Waals surface area contributed by atoms with E-state index in [0.717, 1.165) is 35.2 Å². The van der Waals surface area contributed by atoms with Gasteiger partial charge < -0.3 is 20.5 Å². The van der Waals surface area contributed by atoms with E-state index in [2.05, 4.69) is 36.5 Å². The normalized spacial score (nSPS) is 19.2. The number of halogens is 2. The number of aryl methyl sites for hydroxylation is 1. The van der Waals surface area contributed by atoms with Gasteiger partial charge in [0.05, 0.1) is 24.4 Å². The van der Waals surface area contributed by atoms with Gasteiger partial charge in [0.15, 0.2) is 0 Å². The topological polar surface area (TPSA) is 114 Å². The lowest BCUT2D eigenvalue weighted by Gasteiger charge is -2.25. The highest BCUT2D eigenvalue weighted by Gasteiger charge is 2.26. The molecule has 11 heteroatoms. The second kappa shape index (κ2) is 10.6. The number of hydrogen-bond donors (Lipinski definition) is 3. The average Bonchev–Trinajstić information content (AvgIpc) is 3.21. The number of aliphatic hydroxyl groups is 1. The number of anilines is 1. The van der Waals surface area contributed by atoms with E-state index in [-0.39, 0.29) is 24.5 Å². The van der Waals surface area contributed by atoms with Gasteiger partial charge in [0.1, 0.15) is 5.69 Å². The number of rotatable bonds is 8. The summed E-state index contributed by atoms with van der Waals surface area (Å²) in [5.74, 6) is 0.199. The number of alkyl halides is 2. The zero-order valence-electron chi connectivity index (χ0n) is 20.0. The summed E-state index contributed by atoms with van der Waals surface area (Å²) in [6, 6.07) is 5.28. The van der Waals surface area contributed by atoms with Crippen molar-refractivity contribution in [2.45, 2.75) is 64.2 Å². The third-order valence-corrected chi connectivity index (χ3v) is 6.23. The molecule has 3 aromatic heterocycles. The van der Waals surface area contributed by atoms with Crippen molar-refractivity contribution < 1.29 is 23.4 Å². The van der Waals surface area contributed by atoms with E-state index in [1.54, 1.807) is 26.2 Å². The van der Waals surface area contributed by atoms with Crippen LogP contribution in [0, 0.1) is 6.92 Å². The Morgan fingerprint density at radius 3 is 2.69 bits per heavy atom. The fraction of sp³-hybridized carbons (Fsp3) is 0.500. The lowest BCUT2D eigenvalue weighted by Crippen LogP contribution is -2.25. The first-order chi connectivity index (χ1) is 16.7. The molecule has 3 heterocycles. The highest BCUT2D eigenvalue weighted by atomic mass is 19.3.